The molecule has 1 aliphatic heterocycles. The highest BCUT2D eigenvalue weighted by Gasteiger charge is 2.35. The van der Waals surface area contributed by atoms with Gasteiger partial charge in [-0.25, -0.2) is 0 Å². The average Bonchev–Trinajstić information content (AvgIpc) is 2.86. The van der Waals surface area contributed by atoms with E-state index in [2.05, 4.69) is 4.90 Å². The zero-order chi connectivity index (χ0) is 23.4. The van der Waals surface area contributed by atoms with Crippen molar-refractivity contribution < 1.29 is 14.5 Å². The number of nitro benzene ring substituents is 1. The third-order valence-electron chi connectivity index (χ3n) is 5.67. The molecule has 2 aromatic carbocycles. The molecule has 9 heteroatoms. The van der Waals surface area contributed by atoms with Crippen LogP contribution in [0.2, 0.25) is 0 Å². The van der Waals surface area contributed by atoms with Crippen LogP contribution >= 0.6 is 0 Å². The normalized spacial score (nSPS) is 14.5. The van der Waals surface area contributed by atoms with Crippen molar-refractivity contribution >= 4 is 23.1 Å². The van der Waals surface area contributed by atoms with Crippen LogP contribution in [0.4, 0.5) is 11.4 Å². The number of hydrogen-bond donors (Lipinski definition) is 0. The molecule has 2 heterocycles. The number of benzene rings is 2. The largest absolute Gasteiger partial charge is 0.368 e. The van der Waals surface area contributed by atoms with E-state index in [4.69, 9.17) is 0 Å². The summed E-state index contributed by atoms with van der Waals surface area (Å²) >= 11 is 0. The summed E-state index contributed by atoms with van der Waals surface area (Å²) < 4.78 is 1.09. The van der Waals surface area contributed by atoms with Gasteiger partial charge in [-0.2, -0.15) is 0 Å². The van der Waals surface area contributed by atoms with Crippen LogP contribution in [0.15, 0.2) is 83.8 Å². The second-order valence-corrected chi connectivity index (χ2v) is 7.67. The van der Waals surface area contributed by atoms with Crippen molar-refractivity contribution in [3.05, 3.63) is 105 Å². The molecule has 0 radical (unpaired) electrons. The quantitative estimate of drug-likeness (QED) is 0.249. The number of amides is 1. The Morgan fingerprint density at radius 1 is 0.879 bits per heavy atom. The molecule has 0 bridgehead atoms. The van der Waals surface area contributed by atoms with Gasteiger partial charge in [-0.15, -0.1) is 0 Å². The molecular weight excluding hydrogens is 424 g/mol. The zero-order valence-electron chi connectivity index (χ0n) is 17.7. The summed E-state index contributed by atoms with van der Waals surface area (Å²) in [4.78, 5) is 53.7. The van der Waals surface area contributed by atoms with Crippen LogP contribution in [0, 0.1) is 10.1 Å². The first kappa shape index (κ1) is 21.9. The van der Waals surface area contributed by atoms with Crippen molar-refractivity contribution in [3.63, 3.8) is 0 Å². The molecule has 1 amide bonds. The first-order valence-electron chi connectivity index (χ1n) is 10.5. The van der Waals surface area contributed by atoms with E-state index in [1.165, 1.54) is 36.5 Å². The van der Waals surface area contributed by atoms with E-state index < -0.39 is 28.2 Å². The van der Waals surface area contributed by atoms with Gasteiger partial charge in [-0.05, 0) is 18.2 Å². The summed E-state index contributed by atoms with van der Waals surface area (Å²) in [7, 11) is 0. The highest BCUT2D eigenvalue weighted by Crippen LogP contribution is 2.22. The molecule has 1 saturated heterocycles. The van der Waals surface area contributed by atoms with Gasteiger partial charge in [-0.1, -0.05) is 36.4 Å². The smallest absolute Gasteiger partial charge is 0.270 e. The van der Waals surface area contributed by atoms with Crippen molar-refractivity contribution in [2.24, 2.45) is 0 Å². The van der Waals surface area contributed by atoms with Gasteiger partial charge in [0.25, 0.3) is 17.2 Å². The van der Waals surface area contributed by atoms with E-state index in [1.54, 1.807) is 11.0 Å². The number of carbonyl (C=O) groups is 2. The lowest BCUT2D eigenvalue weighted by Gasteiger charge is -2.37. The minimum absolute atomic E-state index is 0.00113. The molecule has 0 spiro atoms. The average molecular weight is 446 g/mol. The predicted octanol–water partition coefficient (Wildman–Crippen LogP) is 2.53. The van der Waals surface area contributed by atoms with Crippen molar-refractivity contribution in [1.82, 2.24) is 9.47 Å². The highest BCUT2D eigenvalue weighted by atomic mass is 16.6. The van der Waals surface area contributed by atoms with Gasteiger partial charge in [0.05, 0.1) is 4.92 Å². The molecule has 1 atom stereocenters. The van der Waals surface area contributed by atoms with Crippen LogP contribution < -0.4 is 10.5 Å². The maximum Gasteiger partial charge on any atom is 0.270 e. The molecule has 9 nitrogen and oxygen atoms in total. The lowest BCUT2D eigenvalue weighted by molar-refractivity contribution is -0.384. The van der Waals surface area contributed by atoms with Gasteiger partial charge in [0.15, 0.2) is 11.8 Å². The number of nitrogens with zero attached hydrogens (tertiary/aromatic N) is 4. The second kappa shape index (κ2) is 9.47. The fourth-order valence-corrected chi connectivity index (χ4v) is 3.94. The molecule has 1 unspecified atom stereocenters. The van der Waals surface area contributed by atoms with Gasteiger partial charge in [-0.3, -0.25) is 29.1 Å². The molecule has 0 saturated carbocycles. The fourth-order valence-electron chi connectivity index (χ4n) is 3.94. The van der Waals surface area contributed by atoms with E-state index >= 15 is 0 Å². The summed E-state index contributed by atoms with van der Waals surface area (Å²) in [5.74, 6) is -1.17. The molecular formula is C24H22N4O5. The minimum Gasteiger partial charge on any atom is -0.368 e. The maximum absolute atomic E-state index is 13.5. The molecule has 168 valence electrons. The summed E-state index contributed by atoms with van der Waals surface area (Å²) in [5, 5.41) is 11.2. The molecule has 1 fully saturated rings. The van der Waals surface area contributed by atoms with Crippen molar-refractivity contribution in [3.8, 4) is 0 Å². The van der Waals surface area contributed by atoms with Gasteiger partial charge in [0, 0.05) is 61.8 Å². The predicted molar refractivity (Wildman–Crippen MR) is 122 cm³/mol. The SMILES string of the molecule is O=C(c1cccc([N+](=O)[O-])c1)C(C(=O)N1CCN(c2ccccc2)CC1)n1ccccc1=O. The Balaban J connectivity index is 1.62. The third-order valence-corrected chi connectivity index (χ3v) is 5.67. The lowest BCUT2D eigenvalue weighted by atomic mass is 10.0. The van der Waals surface area contributed by atoms with Crippen LogP contribution in [-0.4, -0.2) is 52.3 Å². The molecule has 4 rings (SSSR count). The number of ketones is 1. The molecule has 1 aromatic heterocycles. The maximum atomic E-state index is 13.5. The van der Waals surface area contributed by atoms with Crippen LogP contribution in [0.1, 0.15) is 16.4 Å². The van der Waals surface area contributed by atoms with E-state index in [-0.39, 0.29) is 11.3 Å². The molecule has 0 N–H and O–H groups in total. The van der Waals surface area contributed by atoms with Gasteiger partial charge >= 0.3 is 0 Å². The van der Waals surface area contributed by atoms with Crippen LogP contribution in [0.5, 0.6) is 0 Å². The number of anilines is 1. The number of piperazine rings is 1. The molecule has 1 aliphatic rings. The summed E-state index contributed by atoms with van der Waals surface area (Å²) in [6.45, 7) is 1.93. The Bertz CT molecular complexity index is 1230. The lowest BCUT2D eigenvalue weighted by Crippen LogP contribution is -2.52. The Morgan fingerprint density at radius 2 is 1.58 bits per heavy atom. The van der Waals surface area contributed by atoms with Crippen LogP contribution in [-0.2, 0) is 4.79 Å². The topological polar surface area (TPSA) is 106 Å². The Hall–Kier alpha value is -4.27. The molecule has 33 heavy (non-hydrogen) atoms. The summed E-state index contributed by atoms with van der Waals surface area (Å²) in [6, 6.07) is 17.9. The van der Waals surface area contributed by atoms with Crippen molar-refractivity contribution in [2.75, 3.05) is 31.1 Å². The Kier molecular flexibility index (Phi) is 6.30. The molecule has 0 aliphatic carbocycles. The number of pyridine rings is 1. The number of carbonyl (C=O) groups excluding carboxylic acids is 2. The number of hydrogen-bond acceptors (Lipinski definition) is 6. The number of Topliss-reactive ketones (excluding diaryl/α,β-unsaturated/α-hetero) is 1. The number of aromatic nitrogens is 1. The minimum atomic E-state index is -1.44. The third kappa shape index (κ3) is 4.67. The standard InChI is InChI=1S/C24H22N4O5/c29-21-11-4-5-12-27(21)22(23(30)18-7-6-10-20(17-18)28(32)33)24(31)26-15-13-25(14-16-26)19-8-2-1-3-9-19/h1-12,17,22H,13-16H2. The van der Waals surface area contributed by atoms with Crippen molar-refractivity contribution in [2.45, 2.75) is 6.04 Å². The molecule has 3 aromatic rings. The van der Waals surface area contributed by atoms with Crippen LogP contribution in [0.3, 0.4) is 0 Å². The zero-order valence-corrected chi connectivity index (χ0v) is 17.7. The Morgan fingerprint density at radius 3 is 2.24 bits per heavy atom. The van der Waals surface area contributed by atoms with E-state index in [1.807, 2.05) is 30.3 Å². The second-order valence-electron chi connectivity index (χ2n) is 7.67. The first-order valence-corrected chi connectivity index (χ1v) is 10.5. The van der Waals surface area contributed by atoms with Gasteiger partial charge in [0.1, 0.15) is 0 Å². The monoisotopic (exact) mass is 446 g/mol. The van der Waals surface area contributed by atoms with E-state index in [0.29, 0.717) is 26.2 Å². The van der Waals surface area contributed by atoms with Gasteiger partial charge in [0.2, 0.25) is 0 Å². The highest BCUT2D eigenvalue weighted by molar-refractivity contribution is 6.12. The first-order chi connectivity index (χ1) is 16.0. The number of non-ortho nitro benzene ring substituents is 1. The van der Waals surface area contributed by atoms with Gasteiger partial charge < -0.3 is 9.80 Å². The van der Waals surface area contributed by atoms with E-state index in [0.717, 1.165) is 16.3 Å². The number of para-hydroxylation sites is 1. The number of rotatable bonds is 6. The summed E-state index contributed by atoms with van der Waals surface area (Å²) in [5.41, 5.74) is 0.288. The summed E-state index contributed by atoms with van der Waals surface area (Å²) in [6.07, 6.45) is 1.39. The van der Waals surface area contributed by atoms with Crippen molar-refractivity contribution in [1.29, 1.82) is 0 Å². The fraction of sp³-hybridized carbons (Fsp3) is 0.208. The number of nitro groups is 1. The Labute approximate surface area is 189 Å². The van der Waals surface area contributed by atoms with E-state index in [9.17, 15) is 24.5 Å². The van der Waals surface area contributed by atoms with Crippen LogP contribution in [0.25, 0.3) is 0 Å².